The Morgan fingerprint density at radius 2 is 1.84 bits per heavy atom. The molecule has 2 N–H and O–H groups in total. The van der Waals surface area contributed by atoms with Crippen molar-refractivity contribution in [2.75, 3.05) is 5.32 Å². The summed E-state index contributed by atoms with van der Waals surface area (Å²) in [6, 6.07) is 13.3. The van der Waals surface area contributed by atoms with E-state index in [0.29, 0.717) is 17.9 Å². The zero-order chi connectivity index (χ0) is 17.8. The zero-order valence-corrected chi connectivity index (χ0v) is 14.6. The summed E-state index contributed by atoms with van der Waals surface area (Å²) in [5.74, 6) is 0.0769. The van der Waals surface area contributed by atoms with Gasteiger partial charge in [0.05, 0.1) is 6.04 Å². The summed E-state index contributed by atoms with van der Waals surface area (Å²) in [6.45, 7) is 4.03. The lowest BCUT2D eigenvalue weighted by atomic mass is 10.0. The average Bonchev–Trinajstić information content (AvgIpc) is 2.79. The summed E-state index contributed by atoms with van der Waals surface area (Å²) in [7, 11) is 0. The Kier molecular flexibility index (Phi) is 5.17. The predicted octanol–water partition coefficient (Wildman–Crippen LogP) is 3.78. The van der Waals surface area contributed by atoms with E-state index in [2.05, 4.69) is 22.8 Å². The van der Waals surface area contributed by atoms with Crippen molar-refractivity contribution in [3.05, 3.63) is 59.2 Å². The molecule has 1 aliphatic rings. The molecule has 3 rings (SSSR count). The maximum atomic E-state index is 12.5. The van der Waals surface area contributed by atoms with Gasteiger partial charge in [-0.2, -0.15) is 0 Å². The van der Waals surface area contributed by atoms with Crippen LogP contribution < -0.4 is 10.6 Å². The fraction of sp³-hybridized carbons (Fsp3) is 0.333. The van der Waals surface area contributed by atoms with Gasteiger partial charge in [0.1, 0.15) is 0 Å². The van der Waals surface area contributed by atoms with Gasteiger partial charge in [0, 0.05) is 16.9 Å². The first-order chi connectivity index (χ1) is 12.1. The molecule has 0 saturated heterocycles. The van der Waals surface area contributed by atoms with E-state index in [0.717, 1.165) is 24.2 Å². The van der Waals surface area contributed by atoms with Crippen LogP contribution in [-0.2, 0) is 17.6 Å². The lowest BCUT2D eigenvalue weighted by Gasteiger charge is -2.15. The highest BCUT2D eigenvalue weighted by molar-refractivity contribution is 5.97. The highest BCUT2D eigenvalue weighted by Crippen LogP contribution is 2.30. The van der Waals surface area contributed by atoms with Crippen molar-refractivity contribution in [1.29, 1.82) is 0 Å². The summed E-state index contributed by atoms with van der Waals surface area (Å²) in [5, 5.41) is 6.21. The highest BCUT2D eigenvalue weighted by Gasteiger charge is 2.18. The molecule has 129 valence electrons. The number of carbonyl (C=O) groups is 1. The Bertz CT molecular complexity index is 783. The largest absolute Gasteiger partial charge is 0.355 e. The number of nitrogens with one attached hydrogen (secondary N) is 2. The first kappa shape index (κ1) is 17.2. The molecule has 25 heavy (non-hydrogen) atoms. The fourth-order valence-corrected chi connectivity index (χ4v) is 3.18. The van der Waals surface area contributed by atoms with Crippen molar-refractivity contribution in [1.82, 2.24) is 5.32 Å². The number of benzene rings is 2. The maximum absolute atomic E-state index is 12.5. The van der Waals surface area contributed by atoms with Crippen LogP contribution in [0.1, 0.15) is 41.8 Å². The average molecular weight is 335 g/mol. The van der Waals surface area contributed by atoms with Gasteiger partial charge in [-0.25, -0.2) is 0 Å². The Hall–Kier alpha value is -2.62. The van der Waals surface area contributed by atoms with Gasteiger partial charge in [-0.05, 0) is 54.5 Å². The van der Waals surface area contributed by atoms with Crippen molar-refractivity contribution in [2.24, 2.45) is 5.92 Å². The molecule has 2 aromatic rings. The third kappa shape index (κ3) is 4.08. The van der Waals surface area contributed by atoms with Crippen LogP contribution in [-0.4, -0.2) is 18.2 Å². The Morgan fingerprint density at radius 3 is 2.56 bits per heavy atom. The van der Waals surface area contributed by atoms with Crippen molar-refractivity contribution in [3.63, 3.8) is 0 Å². The molecular formula is C21H23N2O2. The molecule has 4 heteroatoms. The van der Waals surface area contributed by atoms with Crippen LogP contribution in [0.2, 0.25) is 0 Å². The summed E-state index contributed by atoms with van der Waals surface area (Å²) >= 11 is 0. The molecule has 0 bridgehead atoms. The number of carbonyl (C=O) groups excluding carboxylic acids is 2. The van der Waals surface area contributed by atoms with Crippen LogP contribution in [0.4, 0.5) is 11.4 Å². The molecule has 0 unspecified atom stereocenters. The molecule has 1 aliphatic heterocycles. The monoisotopic (exact) mass is 335 g/mol. The summed E-state index contributed by atoms with van der Waals surface area (Å²) in [4.78, 5) is 23.6. The third-order valence-corrected chi connectivity index (χ3v) is 4.48. The van der Waals surface area contributed by atoms with E-state index < -0.39 is 6.04 Å². The van der Waals surface area contributed by atoms with Gasteiger partial charge < -0.3 is 10.6 Å². The molecule has 1 atom stereocenters. The number of para-hydroxylation sites is 1. The Morgan fingerprint density at radius 1 is 1.12 bits per heavy atom. The quantitative estimate of drug-likeness (QED) is 0.874. The number of rotatable bonds is 5. The standard InChI is InChI=1S/C21H23N2O2/c1-14(2)11-18(13-24)22-21(25)17-10-9-16-8-7-15-5-3-4-6-19(15)23-20(16)12-17/h3-6,9-10,12,14,18,23H,7-8,11H2,1-2H3,(H,22,25)/t18-/m0/s1. The first-order valence-electron chi connectivity index (χ1n) is 8.73. The topological polar surface area (TPSA) is 58.2 Å². The summed E-state index contributed by atoms with van der Waals surface area (Å²) in [5.41, 5.74) is 5.05. The predicted molar refractivity (Wildman–Crippen MR) is 100.0 cm³/mol. The molecule has 1 radical (unpaired) electrons. The van der Waals surface area contributed by atoms with E-state index in [1.165, 1.54) is 11.1 Å². The van der Waals surface area contributed by atoms with Gasteiger partial charge in [-0.1, -0.05) is 38.1 Å². The second-order valence-electron chi connectivity index (χ2n) is 6.93. The van der Waals surface area contributed by atoms with E-state index in [1.807, 2.05) is 50.5 Å². The minimum Gasteiger partial charge on any atom is -0.355 e. The smallest absolute Gasteiger partial charge is 0.251 e. The van der Waals surface area contributed by atoms with E-state index in [9.17, 15) is 9.59 Å². The molecule has 0 aliphatic carbocycles. The third-order valence-electron chi connectivity index (χ3n) is 4.48. The lowest BCUT2D eigenvalue weighted by Crippen LogP contribution is -2.36. The van der Waals surface area contributed by atoms with Crippen LogP contribution in [0.3, 0.4) is 0 Å². The molecule has 0 aromatic heterocycles. The molecule has 1 amide bonds. The molecule has 4 nitrogen and oxygen atoms in total. The number of anilines is 2. The number of fused-ring (bicyclic) bond motifs is 2. The van der Waals surface area contributed by atoms with Crippen LogP contribution in [0.25, 0.3) is 0 Å². The molecule has 2 aromatic carbocycles. The van der Waals surface area contributed by atoms with Crippen molar-refractivity contribution in [3.8, 4) is 0 Å². The van der Waals surface area contributed by atoms with Gasteiger partial charge in [0.2, 0.25) is 6.29 Å². The Balaban J connectivity index is 1.80. The molecule has 1 heterocycles. The normalized spacial score (nSPS) is 13.9. The first-order valence-corrected chi connectivity index (χ1v) is 8.73. The molecule has 0 spiro atoms. The molecular weight excluding hydrogens is 312 g/mol. The van der Waals surface area contributed by atoms with Gasteiger partial charge in [-0.15, -0.1) is 0 Å². The van der Waals surface area contributed by atoms with Crippen LogP contribution in [0, 0.1) is 5.92 Å². The minimum atomic E-state index is -0.569. The van der Waals surface area contributed by atoms with Crippen molar-refractivity contribution >= 4 is 23.6 Å². The van der Waals surface area contributed by atoms with E-state index in [4.69, 9.17) is 0 Å². The second-order valence-corrected chi connectivity index (χ2v) is 6.93. The van der Waals surface area contributed by atoms with Crippen molar-refractivity contribution in [2.45, 2.75) is 39.2 Å². The molecule has 0 saturated carbocycles. The van der Waals surface area contributed by atoms with Gasteiger partial charge in [0.25, 0.3) is 5.91 Å². The highest BCUT2D eigenvalue weighted by atomic mass is 16.2. The minimum absolute atomic E-state index is 0.240. The zero-order valence-electron chi connectivity index (χ0n) is 14.6. The van der Waals surface area contributed by atoms with Gasteiger partial charge in [-0.3, -0.25) is 9.59 Å². The summed E-state index contributed by atoms with van der Waals surface area (Å²) in [6.07, 6.45) is 4.41. The number of hydrogen-bond donors (Lipinski definition) is 2. The Labute approximate surface area is 148 Å². The van der Waals surface area contributed by atoms with E-state index in [-0.39, 0.29) is 5.91 Å². The van der Waals surface area contributed by atoms with Crippen molar-refractivity contribution < 1.29 is 9.59 Å². The SMILES string of the molecule is CC(C)C[C@@H]([C]=O)NC(=O)c1ccc2c(c1)Nc1ccccc1CC2. The fourth-order valence-electron chi connectivity index (χ4n) is 3.18. The van der Waals surface area contributed by atoms with Gasteiger partial charge in [0.15, 0.2) is 0 Å². The van der Waals surface area contributed by atoms with Crippen LogP contribution >= 0.6 is 0 Å². The number of hydrogen-bond acceptors (Lipinski definition) is 3. The lowest BCUT2D eigenvalue weighted by molar-refractivity contribution is 0.0943. The second kappa shape index (κ2) is 7.51. The maximum Gasteiger partial charge on any atom is 0.251 e. The number of aryl methyl sites for hydroxylation is 2. The van der Waals surface area contributed by atoms with Gasteiger partial charge >= 0.3 is 0 Å². The van der Waals surface area contributed by atoms with Crippen LogP contribution in [0.5, 0.6) is 0 Å². The van der Waals surface area contributed by atoms with E-state index in [1.54, 1.807) is 0 Å². The van der Waals surface area contributed by atoms with E-state index >= 15 is 0 Å². The summed E-state index contributed by atoms with van der Waals surface area (Å²) < 4.78 is 0. The molecule has 0 fully saturated rings. The van der Waals surface area contributed by atoms with Crippen LogP contribution in [0.15, 0.2) is 42.5 Å². The number of amides is 1.